The standard InChI is InChI=1S/C14H21BrN2/c1-12-11-13(5-6-14(12)15)16-7-10-17-8-3-2-4-9-17/h5-6,11,16H,2-4,7-10H2,1H3. The van der Waals surface area contributed by atoms with E-state index in [4.69, 9.17) is 0 Å². The average Bonchev–Trinajstić information content (AvgIpc) is 2.35. The number of aryl methyl sites for hydroxylation is 1. The molecule has 1 aromatic carbocycles. The number of piperidine rings is 1. The second kappa shape index (κ2) is 6.41. The Balaban J connectivity index is 1.75. The van der Waals surface area contributed by atoms with Gasteiger partial charge in [0.05, 0.1) is 0 Å². The van der Waals surface area contributed by atoms with Gasteiger partial charge in [0, 0.05) is 23.2 Å². The van der Waals surface area contributed by atoms with Crippen LogP contribution in [0.5, 0.6) is 0 Å². The molecule has 1 aliphatic heterocycles. The topological polar surface area (TPSA) is 15.3 Å². The summed E-state index contributed by atoms with van der Waals surface area (Å²) in [4.78, 5) is 2.56. The minimum atomic E-state index is 1.04. The summed E-state index contributed by atoms with van der Waals surface area (Å²) >= 11 is 3.52. The molecule has 1 aliphatic rings. The molecule has 2 rings (SSSR count). The number of nitrogens with one attached hydrogen (secondary N) is 1. The van der Waals surface area contributed by atoms with Crippen LogP contribution in [0, 0.1) is 6.92 Å². The lowest BCUT2D eigenvalue weighted by molar-refractivity contribution is 0.237. The molecule has 3 heteroatoms. The van der Waals surface area contributed by atoms with E-state index < -0.39 is 0 Å². The lowest BCUT2D eigenvalue weighted by atomic mass is 10.1. The smallest absolute Gasteiger partial charge is 0.0344 e. The third kappa shape index (κ3) is 4.00. The molecule has 0 aliphatic carbocycles. The molecule has 0 bridgehead atoms. The Labute approximate surface area is 113 Å². The van der Waals surface area contributed by atoms with Gasteiger partial charge >= 0.3 is 0 Å². The van der Waals surface area contributed by atoms with Crippen LogP contribution in [-0.4, -0.2) is 31.1 Å². The van der Waals surface area contributed by atoms with Gasteiger partial charge in [0.15, 0.2) is 0 Å². The highest BCUT2D eigenvalue weighted by atomic mass is 79.9. The second-order valence-electron chi connectivity index (χ2n) is 4.79. The fourth-order valence-electron chi connectivity index (χ4n) is 2.30. The molecule has 94 valence electrons. The summed E-state index contributed by atoms with van der Waals surface area (Å²) in [7, 11) is 0. The summed E-state index contributed by atoms with van der Waals surface area (Å²) in [5.41, 5.74) is 2.51. The van der Waals surface area contributed by atoms with E-state index in [-0.39, 0.29) is 0 Å². The molecular weight excluding hydrogens is 276 g/mol. The fourth-order valence-corrected chi connectivity index (χ4v) is 2.54. The van der Waals surface area contributed by atoms with Crippen molar-refractivity contribution >= 4 is 21.6 Å². The molecule has 17 heavy (non-hydrogen) atoms. The van der Waals surface area contributed by atoms with Crippen LogP contribution < -0.4 is 5.32 Å². The second-order valence-corrected chi connectivity index (χ2v) is 5.65. The largest absolute Gasteiger partial charge is 0.384 e. The number of anilines is 1. The normalized spacial score (nSPS) is 17.1. The Kier molecular flexibility index (Phi) is 4.86. The van der Waals surface area contributed by atoms with Gasteiger partial charge in [0.1, 0.15) is 0 Å². The van der Waals surface area contributed by atoms with Gasteiger partial charge in [-0.1, -0.05) is 22.4 Å². The summed E-state index contributed by atoms with van der Waals surface area (Å²) in [6, 6.07) is 6.44. The molecule has 0 radical (unpaired) electrons. The Morgan fingerprint density at radius 1 is 1.24 bits per heavy atom. The van der Waals surface area contributed by atoms with Crippen molar-refractivity contribution in [3.63, 3.8) is 0 Å². The van der Waals surface area contributed by atoms with Gasteiger partial charge in [-0.15, -0.1) is 0 Å². The van der Waals surface area contributed by atoms with Crippen LogP contribution >= 0.6 is 15.9 Å². The maximum atomic E-state index is 3.52. The maximum Gasteiger partial charge on any atom is 0.0344 e. The van der Waals surface area contributed by atoms with Gasteiger partial charge in [0.25, 0.3) is 0 Å². The van der Waals surface area contributed by atoms with E-state index in [1.165, 1.54) is 48.1 Å². The fraction of sp³-hybridized carbons (Fsp3) is 0.571. The van der Waals surface area contributed by atoms with Crippen LogP contribution in [0.15, 0.2) is 22.7 Å². The van der Waals surface area contributed by atoms with Crippen LogP contribution in [-0.2, 0) is 0 Å². The van der Waals surface area contributed by atoms with Crippen LogP contribution in [0.3, 0.4) is 0 Å². The predicted molar refractivity (Wildman–Crippen MR) is 77.7 cm³/mol. The molecule has 0 unspecified atom stereocenters. The van der Waals surface area contributed by atoms with Crippen molar-refractivity contribution in [2.24, 2.45) is 0 Å². The van der Waals surface area contributed by atoms with E-state index in [0.29, 0.717) is 0 Å². The third-order valence-electron chi connectivity index (χ3n) is 3.36. The Hall–Kier alpha value is -0.540. The van der Waals surface area contributed by atoms with E-state index >= 15 is 0 Å². The summed E-state index contributed by atoms with van der Waals surface area (Å²) in [5, 5.41) is 3.50. The van der Waals surface area contributed by atoms with Crippen LogP contribution in [0.4, 0.5) is 5.69 Å². The zero-order valence-corrected chi connectivity index (χ0v) is 12.1. The van der Waals surface area contributed by atoms with Crippen molar-refractivity contribution in [1.29, 1.82) is 0 Å². The van der Waals surface area contributed by atoms with Gasteiger partial charge in [0.2, 0.25) is 0 Å². The van der Waals surface area contributed by atoms with Gasteiger partial charge in [-0.3, -0.25) is 0 Å². The van der Waals surface area contributed by atoms with Gasteiger partial charge in [-0.2, -0.15) is 0 Å². The lowest BCUT2D eigenvalue weighted by Gasteiger charge is -2.26. The van der Waals surface area contributed by atoms with Crippen molar-refractivity contribution in [1.82, 2.24) is 4.90 Å². The number of halogens is 1. The minimum Gasteiger partial charge on any atom is -0.384 e. The minimum absolute atomic E-state index is 1.04. The number of benzene rings is 1. The summed E-state index contributed by atoms with van der Waals surface area (Å²) in [5.74, 6) is 0. The number of hydrogen-bond donors (Lipinski definition) is 1. The summed E-state index contributed by atoms with van der Waals surface area (Å²) in [6.45, 7) is 6.89. The molecule has 0 amide bonds. The predicted octanol–water partition coefficient (Wildman–Crippen LogP) is 3.66. The maximum absolute atomic E-state index is 3.52. The molecule has 0 saturated carbocycles. The van der Waals surface area contributed by atoms with Crippen LogP contribution in [0.2, 0.25) is 0 Å². The molecule has 1 heterocycles. The number of hydrogen-bond acceptors (Lipinski definition) is 2. The summed E-state index contributed by atoms with van der Waals surface area (Å²) in [6.07, 6.45) is 4.16. The Bertz CT molecular complexity index is 359. The van der Waals surface area contributed by atoms with Crippen molar-refractivity contribution in [2.75, 3.05) is 31.5 Å². The van der Waals surface area contributed by atoms with E-state index in [9.17, 15) is 0 Å². The Morgan fingerprint density at radius 3 is 2.71 bits per heavy atom. The van der Waals surface area contributed by atoms with Gasteiger partial charge in [-0.05, 0) is 56.6 Å². The van der Waals surface area contributed by atoms with E-state index in [1.54, 1.807) is 0 Å². The lowest BCUT2D eigenvalue weighted by Crippen LogP contribution is -2.33. The highest BCUT2D eigenvalue weighted by Crippen LogP contribution is 2.19. The first-order valence-electron chi connectivity index (χ1n) is 6.48. The molecule has 1 aromatic rings. The van der Waals surface area contributed by atoms with E-state index in [0.717, 1.165) is 13.1 Å². The van der Waals surface area contributed by atoms with Crippen molar-refractivity contribution < 1.29 is 0 Å². The molecule has 2 nitrogen and oxygen atoms in total. The SMILES string of the molecule is Cc1cc(NCCN2CCCCC2)ccc1Br. The molecule has 1 N–H and O–H groups in total. The third-order valence-corrected chi connectivity index (χ3v) is 4.25. The first kappa shape index (κ1) is 12.9. The molecular formula is C14H21BrN2. The van der Waals surface area contributed by atoms with Crippen LogP contribution in [0.1, 0.15) is 24.8 Å². The van der Waals surface area contributed by atoms with Crippen molar-refractivity contribution in [2.45, 2.75) is 26.2 Å². The zero-order chi connectivity index (χ0) is 12.1. The van der Waals surface area contributed by atoms with E-state index in [1.807, 2.05) is 0 Å². The molecule has 1 fully saturated rings. The Morgan fingerprint density at radius 2 is 2.00 bits per heavy atom. The van der Waals surface area contributed by atoms with Crippen molar-refractivity contribution in [3.8, 4) is 0 Å². The molecule has 0 atom stereocenters. The highest BCUT2D eigenvalue weighted by Gasteiger charge is 2.08. The van der Waals surface area contributed by atoms with Crippen LogP contribution in [0.25, 0.3) is 0 Å². The quantitative estimate of drug-likeness (QED) is 0.912. The molecule has 1 saturated heterocycles. The average molecular weight is 297 g/mol. The molecule has 0 aromatic heterocycles. The monoisotopic (exact) mass is 296 g/mol. The van der Waals surface area contributed by atoms with E-state index in [2.05, 4.69) is 51.3 Å². The number of nitrogens with zero attached hydrogens (tertiary/aromatic N) is 1. The first-order valence-corrected chi connectivity index (χ1v) is 7.27. The van der Waals surface area contributed by atoms with Gasteiger partial charge < -0.3 is 10.2 Å². The number of likely N-dealkylation sites (tertiary alicyclic amines) is 1. The molecule has 0 spiro atoms. The number of rotatable bonds is 4. The first-order chi connectivity index (χ1) is 8.25. The summed E-state index contributed by atoms with van der Waals surface area (Å²) < 4.78 is 1.18. The van der Waals surface area contributed by atoms with Crippen molar-refractivity contribution in [3.05, 3.63) is 28.2 Å². The van der Waals surface area contributed by atoms with Gasteiger partial charge in [-0.25, -0.2) is 0 Å². The zero-order valence-electron chi connectivity index (χ0n) is 10.5. The highest BCUT2D eigenvalue weighted by molar-refractivity contribution is 9.10.